The van der Waals surface area contributed by atoms with Gasteiger partial charge >= 0.3 is 6.09 Å². The fourth-order valence-corrected chi connectivity index (χ4v) is 3.03. The van der Waals surface area contributed by atoms with Crippen molar-refractivity contribution in [2.24, 2.45) is 5.73 Å². The van der Waals surface area contributed by atoms with E-state index in [1.807, 2.05) is 6.92 Å². The Labute approximate surface area is 211 Å². The normalized spacial score (nSPS) is 11.7. The largest absolute Gasteiger partial charge is 0.490 e. The lowest BCUT2D eigenvalue weighted by Crippen LogP contribution is -2.47. The molecule has 2 aromatic rings. The van der Waals surface area contributed by atoms with Crippen LogP contribution in [0.25, 0.3) is 0 Å². The number of benzene rings is 2. The van der Waals surface area contributed by atoms with Gasteiger partial charge in [-0.15, -0.1) is 0 Å². The summed E-state index contributed by atoms with van der Waals surface area (Å²) in [6.45, 7) is 8.13. The Morgan fingerprint density at radius 1 is 1.00 bits per heavy atom. The quantitative estimate of drug-likeness (QED) is 0.136. The average Bonchev–Trinajstić information content (AvgIpc) is 2.81. The van der Waals surface area contributed by atoms with Gasteiger partial charge in [0, 0.05) is 18.4 Å². The first-order valence-corrected chi connectivity index (χ1v) is 11.4. The number of rotatable bonds is 11. The van der Waals surface area contributed by atoms with Crippen molar-refractivity contribution in [2.45, 2.75) is 39.3 Å². The average molecular weight is 502 g/mol. The van der Waals surface area contributed by atoms with E-state index in [1.165, 1.54) is 0 Å². The summed E-state index contributed by atoms with van der Waals surface area (Å²) in [4.78, 5) is 25.2. The molecule has 0 bridgehead atoms. The summed E-state index contributed by atoms with van der Waals surface area (Å²) < 4.78 is 21.7. The molecule has 11 heteroatoms. The van der Waals surface area contributed by atoms with E-state index >= 15 is 0 Å². The zero-order valence-corrected chi connectivity index (χ0v) is 21.3. The summed E-state index contributed by atoms with van der Waals surface area (Å²) >= 11 is 0. The van der Waals surface area contributed by atoms with Gasteiger partial charge in [0.2, 0.25) is 0 Å². The van der Waals surface area contributed by atoms with Crippen LogP contribution < -0.4 is 31.4 Å². The van der Waals surface area contributed by atoms with Gasteiger partial charge in [-0.1, -0.05) is 6.07 Å². The minimum atomic E-state index is -0.935. The summed E-state index contributed by atoms with van der Waals surface area (Å²) in [6.07, 6.45) is -0.794. The van der Waals surface area contributed by atoms with E-state index in [9.17, 15) is 9.59 Å². The maximum Gasteiger partial charge on any atom is 0.426 e. The fourth-order valence-electron chi connectivity index (χ4n) is 3.03. The zero-order valence-electron chi connectivity index (χ0n) is 21.3. The first kappa shape index (κ1) is 28.2. The molecular weight excluding hydrogens is 466 g/mol. The molecule has 1 atom stereocenters. The van der Waals surface area contributed by atoms with Gasteiger partial charge in [-0.2, -0.15) is 0 Å². The number of nitrogens with two attached hydrogens (primary N) is 1. The number of nitrogen functional groups attached to an aromatic ring is 1. The van der Waals surface area contributed by atoms with Gasteiger partial charge in [0.15, 0.2) is 11.5 Å². The van der Waals surface area contributed by atoms with Gasteiger partial charge in [0.1, 0.15) is 24.1 Å². The molecule has 0 aliphatic rings. The van der Waals surface area contributed by atoms with E-state index < -0.39 is 23.6 Å². The molecule has 0 radical (unpaired) electrons. The third-order valence-corrected chi connectivity index (χ3v) is 4.60. The van der Waals surface area contributed by atoms with Crippen molar-refractivity contribution in [1.29, 1.82) is 5.41 Å². The number of amidine groups is 1. The summed E-state index contributed by atoms with van der Waals surface area (Å²) in [6, 6.07) is 10.9. The molecule has 196 valence electrons. The van der Waals surface area contributed by atoms with Crippen molar-refractivity contribution in [3.05, 3.63) is 53.6 Å². The fraction of sp³-hybridized carbons (Fsp3) is 0.400. The summed E-state index contributed by atoms with van der Waals surface area (Å²) in [5.41, 5.74) is 11.2. The van der Waals surface area contributed by atoms with Crippen LogP contribution in [-0.2, 0) is 14.3 Å². The van der Waals surface area contributed by atoms with E-state index in [1.54, 1.807) is 70.3 Å². The standard InChI is InChI=1S/C25H35N5O6/c1-6-34-20-15-17(9-12-19(20)35-14-13-33-5)21(23(31)29-30-24(32)36-25(2,3)4)28-18-10-7-16(8-11-18)22(26)27/h7-12,15,21,28H,6,13-14H2,1-5H3,(H3,26,27)(H,29,31)(H,30,32). The number of carbonyl (C=O) groups is 2. The second-order valence-electron chi connectivity index (χ2n) is 8.66. The molecular formula is C25H35N5O6. The minimum Gasteiger partial charge on any atom is -0.490 e. The summed E-state index contributed by atoms with van der Waals surface area (Å²) in [5, 5.41) is 10.7. The molecule has 2 aromatic carbocycles. The molecule has 6 N–H and O–H groups in total. The van der Waals surface area contributed by atoms with Crippen LogP contribution in [0.1, 0.15) is 44.9 Å². The number of nitrogens with one attached hydrogen (secondary N) is 4. The highest BCUT2D eigenvalue weighted by Gasteiger charge is 2.24. The number of amides is 2. The first-order chi connectivity index (χ1) is 17.0. The zero-order chi connectivity index (χ0) is 26.7. The predicted octanol–water partition coefficient (Wildman–Crippen LogP) is 3.10. The van der Waals surface area contributed by atoms with Crippen LogP contribution in [-0.4, -0.2) is 50.4 Å². The number of methoxy groups -OCH3 is 1. The molecule has 2 rings (SSSR count). The Morgan fingerprint density at radius 2 is 1.69 bits per heavy atom. The molecule has 2 amide bonds. The molecule has 0 saturated heterocycles. The Hall–Kier alpha value is -3.99. The van der Waals surface area contributed by atoms with Gasteiger partial charge in [0.25, 0.3) is 5.91 Å². The third kappa shape index (κ3) is 8.99. The molecule has 0 aromatic heterocycles. The van der Waals surface area contributed by atoms with Gasteiger partial charge in [0.05, 0.1) is 13.2 Å². The van der Waals surface area contributed by atoms with E-state index in [0.29, 0.717) is 48.1 Å². The van der Waals surface area contributed by atoms with Crippen LogP contribution in [0.3, 0.4) is 0 Å². The number of hydrazine groups is 1. The molecule has 0 heterocycles. The third-order valence-electron chi connectivity index (χ3n) is 4.60. The Balaban J connectivity index is 2.32. The summed E-state index contributed by atoms with van der Waals surface area (Å²) in [7, 11) is 1.58. The monoisotopic (exact) mass is 501 g/mol. The number of anilines is 1. The smallest absolute Gasteiger partial charge is 0.426 e. The van der Waals surface area contributed by atoms with Crippen LogP contribution in [0, 0.1) is 5.41 Å². The Morgan fingerprint density at radius 3 is 2.28 bits per heavy atom. The summed E-state index contributed by atoms with van der Waals surface area (Å²) in [5.74, 6) is 0.349. The van der Waals surface area contributed by atoms with Gasteiger partial charge in [-0.25, -0.2) is 10.2 Å². The van der Waals surface area contributed by atoms with Crippen LogP contribution in [0.4, 0.5) is 10.5 Å². The lowest BCUT2D eigenvalue weighted by Gasteiger charge is -2.23. The number of hydrogen-bond donors (Lipinski definition) is 5. The van der Waals surface area contributed by atoms with Gasteiger partial charge in [-0.05, 0) is 69.7 Å². The Kier molecular flexibility index (Phi) is 10.4. The van der Waals surface area contributed by atoms with Crippen molar-refractivity contribution in [3.63, 3.8) is 0 Å². The van der Waals surface area contributed by atoms with Crippen molar-refractivity contribution >= 4 is 23.5 Å². The van der Waals surface area contributed by atoms with Crippen molar-refractivity contribution in [1.82, 2.24) is 10.9 Å². The molecule has 0 saturated carbocycles. The number of hydrogen-bond acceptors (Lipinski definition) is 8. The highest BCUT2D eigenvalue weighted by Crippen LogP contribution is 2.32. The molecule has 0 aliphatic heterocycles. The lowest BCUT2D eigenvalue weighted by atomic mass is 10.0. The van der Waals surface area contributed by atoms with E-state index in [0.717, 1.165) is 0 Å². The van der Waals surface area contributed by atoms with Crippen LogP contribution in [0.2, 0.25) is 0 Å². The van der Waals surface area contributed by atoms with E-state index in [2.05, 4.69) is 16.2 Å². The Bertz CT molecular complexity index is 1040. The highest BCUT2D eigenvalue weighted by molar-refractivity contribution is 5.95. The van der Waals surface area contributed by atoms with Crippen molar-refractivity contribution in [3.8, 4) is 11.5 Å². The van der Waals surface area contributed by atoms with Crippen LogP contribution in [0.5, 0.6) is 11.5 Å². The maximum atomic E-state index is 13.2. The van der Waals surface area contributed by atoms with Gasteiger partial charge < -0.3 is 30.0 Å². The van der Waals surface area contributed by atoms with Crippen molar-refractivity contribution in [2.75, 3.05) is 32.2 Å². The van der Waals surface area contributed by atoms with E-state index in [4.69, 9.17) is 30.1 Å². The number of ether oxygens (including phenoxy) is 4. The predicted molar refractivity (Wildman–Crippen MR) is 136 cm³/mol. The van der Waals surface area contributed by atoms with Crippen LogP contribution >= 0.6 is 0 Å². The van der Waals surface area contributed by atoms with E-state index in [-0.39, 0.29) is 5.84 Å². The number of carbonyl (C=O) groups excluding carboxylic acids is 2. The van der Waals surface area contributed by atoms with Gasteiger partial charge in [-0.3, -0.25) is 15.6 Å². The van der Waals surface area contributed by atoms with Crippen LogP contribution in [0.15, 0.2) is 42.5 Å². The molecule has 0 aliphatic carbocycles. The maximum absolute atomic E-state index is 13.2. The molecule has 11 nitrogen and oxygen atoms in total. The molecule has 1 unspecified atom stereocenters. The molecule has 0 fully saturated rings. The molecule has 36 heavy (non-hydrogen) atoms. The highest BCUT2D eigenvalue weighted by atomic mass is 16.6. The SMILES string of the molecule is CCOc1cc(C(Nc2ccc(C(=N)N)cc2)C(=O)NNC(=O)OC(C)(C)C)ccc1OCCOC. The first-order valence-electron chi connectivity index (χ1n) is 11.4. The molecule has 0 spiro atoms. The lowest BCUT2D eigenvalue weighted by molar-refractivity contribution is -0.123. The van der Waals surface area contributed by atoms with Crippen molar-refractivity contribution < 1.29 is 28.5 Å². The second kappa shape index (κ2) is 13.2. The second-order valence-corrected chi connectivity index (χ2v) is 8.66. The minimum absolute atomic E-state index is 0.0668. The topological polar surface area (TPSA) is 157 Å².